The molecule has 0 bridgehead atoms. The third-order valence-corrected chi connectivity index (χ3v) is 6.30. The Labute approximate surface area is 135 Å². The van der Waals surface area contributed by atoms with Crippen molar-refractivity contribution in [2.45, 2.75) is 17.7 Å². The van der Waals surface area contributed by atoms with Crippen molar-refractivity contribution in [3.8, 4) is 0 Å². The van der Waals surface area contributed by atoms with E-state index in [1.807, 2.05) is 12.3 Å². The third-order valence-electron chi connectivity index (χ3n) is 2.65. The summed E-state index contributed by atoms with van der Waals surface area (Å²) in [5, 5.41) is 3.25. The van der Waals surface area contributed by atoms with Gasteiger partial charge in [-0.25, -0.2) is 18.1 Å². The molecule has 2 rings (SSSR count). The topological polar surface area (TPSA) is 59.1 Å². The number of nitrogens with one attached hydrogen (secondary N) is 1. The van der Waals surface area contributed by atoms with Crippen LogP contribution in [0.5, 0.6) is 0 Å². The zero-order chi connectivity index (χ0) is 14.8. The van der Waals surface area contributed by atoms with Crippen LogP contribution in [-0.4, -0.2) is 19.9 Å². The summed E-state index contributed by atoms with van der Waals surface area (Å²) in [5.74, 6) is 0.0283. The van der Waals surface area contributed by atoms with Crippen molar-refractivity contribution >= 4 is 48.9 Å². The zero-order valence-corrected chi connectivity index (χ0v) is 14.5. The highest BCUT2D eigenvalue weighted by molar-refractivity contribution is 9.10. The number of hydrogen-bond donors (Lipinski definition) is 1. The fraction of sp³-hybridized carbons (Fsp3) is 0.250. The van der Waals surface area contributed by atoms with Crippen LogP contribution in [0, 0.1) is 0 Å². The van der Waals surface area contributed by atoms with E-state index in [1.54, 1.807) is 12.3 Å². The number of sulfonamides is 1. The summed E-state index contributed by atoms with van der Waals surface area (Å²) in [6.07, 6.45) is 1.71. The third kappa shape index (κ3) is 3.79. The van der Waals surface area contributed by atoms with Crippen molar-refractivity contribution in [1.82, 2.24) is 9.71 Å². The lowest BCUT2D eigenvalue weighted by Gasteiger charge is -2.11. The van der Waals surface area contributed by atoms with Crippen LogP contribution in [0.1, 0.15) is 17.8 Å². The van der Waals surface area contributed by atoms with Gasteiger partial charge in [0.2, 0.25) is 10.0 Å². The molecule has 0 aliphatic rings. The van der Waals surface area contributed by atoms with Gasteiger partial charge >= 0.3 is 0 Å². The van der Waals surface area contributed by atoms with Crippen LogP contribution in [0.15, 0.2) is 39.1 Å². The van der Waals surface area contributed by atoms with Gasteiger partial charge in [0.25, 0.3) is 0 Å². The number of hydrogen-bond acceptors (Lipinski definition) is 4. The molecule has 2 aromatic rings. The van der Waals surface area contributed by atoms with E-state index in [0.29, 0.717) is 16.0 Å². The van der Waals surface area contributed by atoms with Gasteiger partial charge in [0.05, 0.1) is 14.9 Å². The van der Waals surface area contributed by atoms with Crippen LogP contribution in [-0.2, 0) is 10.0 Å². The van der Waals surface area contributed by atoms with E-state index >= 15 is 0 Å². The molecule has 1 atom stereocenters. The standard InChI is InChI=1S/C12H12BrClN2O2S2/c1-8(12-15-4-5-19-12)7-16-20(17,18)9-2-3-11(14)10(13)6-9/h2-6,8,16H,7H2,1H3. The molecule has 0 saturated carbocycles. The molecule has 1 aromatic carbocycles. The Hall–Kier alpha value is -0.470. The lowest BCUT2D eigenvalue weighted by atomic mass is 10.2. The summed E-state index contributed by atoms with van der Waals surface area (Å²) >= 11 is 10.6. The molecule has 0 aliphatic heterocycles. The SMILES string of the molecule is CC(CNS(=O)(=O)c1ccc(Cl)c(Br)c1)c1nccs1. The number of halogens is 2. The smallest absolute Gasteiger partial charge is 0.240 e. The summed E-state index contributed by atoms with van der Waals surface area (Å²) in [6.45, 7) is 2.23. The summed E-state index contributed by atoms with van der Waals surface area (Å²) < 4.78 is 27.5. The zero-order valence-electron chi connectivity index (χ0n) is 10.5. The van der Waals surface area contributed by atoms with Crippen molar-refractivity contribution in [2.24, 2.45) is 0 Å². The molecule has 1 N–H and O–H groups in total. The van der Waals surface area contributed by atoms with Gasteiger partial charge in [-0.05, 0) is 34.1 Å². The van der Waals surface area contributed by atoms with Crippen LogP contribution in [0.4, 0.5) is 0 Å². The largest absolute Gasteiger partial charge is 0.249 e. The van der Waals surface area contributed by atoms with Gasteiger partial charge in [-0.3, -0.25) is 0 Å². The average molecular weight is 396 g/mol. The van der Waals surface area contributed by atoms with Crippen molar-refractivity contribution in [2.75, 3.05) is 6.54 Å². The first-order valence-corrected chi connectivity index (χ1v) is 9.27. The molecule has 1 heterocycles. The molecule has 8 heteroatoms. The molecule has 0 aliphatic carbocycles. The average Bonchev–Trinajstić information content (AvgIpc) is 2.93. The molecular weight excluding hydrogens is 384 g/mol. The predicted molar refractivity (Wildman–Crippen MR) is 84.9 cm³/mol. The van der Waals surface area contributed by atoms with E-state index in [-0.39, 0.29) is 10.8 Å². The molecule has 4 nitrogen and oxygen atoms in total. The van der Waals surface area contributed by atoms with E-state index < -0.39 is 10.0 Å². The maximum Gasteiger partial charge on any atom is 0.240 e. The van der Waals surface area contributed by atoms with Crippen molar-refractivity contribution in [3.05, 3.63) is 44.3 Å². The lowest BCUT2D eigenvalue weighted by molar-refractivity contribution is 0.574. The van der Waals surface area contributed by atoms with Gasteiger partial charge in [-0.15, -0.1) is 11.3 Å². The Morgan fingerprint density at radius 1 is 1.50 bits per heavy atom. The molecule has 0 amide bonds. The van der Waals surface area contributed by atoms with Gasteiger partial charge in [0.1, 0.15) is 0 Å². The number of thiazole rings is 1. The first kappa shape index (κ1) is 15.9. The van der Waals surface area contributed by atoms with E-state index in [4.69, 9.17) is 11.6 Å². The van der Waals surface area contributed by atoms with Crippen molar-refractivity contribution < 1.29 is 8.42 Å². The number of nitrogens with zero attached hydrogens (tertiary/aromatic N) is 1. The second kappa shape index (κ2) is 6.53. The van der Waals surface area contributed by atoms with Crippen LogP contribution in [0.2, 0.25) is 5.02 Å². The first-order valence-electron chi connectivity index (χ1n) is 5.74. The fourth-order valence-corrected chi connectivity index (χ4v) is 4.03. The highest BCUT2D eigenvalue weighted by Gasteiger charge is 2.17. The van der Waals surface area contributed by atoms with Crippen LogP contribution >= 0.6 is 38.9 Å². The molecule has 1 unspecified atom stereocenters. The van der Waals surface area contributed by atoms with E-state index in [1.165, 1.54) is 23.5 Å². The van der Waals surface area contributed by atoms with Gasteiger partial charge in [-0.2, -0.15) is 0 Å². The van der Waals surface area contributed by atoms with Crippen molar-refractivity contribution in [1.29, 1.82) is 0 Å². The quantitative estimate of drug-likeness (QED) is 0.841. The van der Waals surface area contributed by atoms with E-state index in [0.717, 1.165) is 5.01 Å². The Kier molecular flexibility index (Phi) is 5.19. The molecule has 0 fully saturated rings. The van der Waals surface area contributed by atoms with E-state index in [2.05, 4.69) is 25.6 Å². The summed E-state index contributed by atoms with van der Waals surface area (Å²) in [4.78, 5) is 4.35. The fourth-order valence-electron chi connectivity index (χ4n) is 1.53. The molecule has 20 heavy (non-hydrogen) atoms. The first-order chi connectivity index (χ1) is 9.40. The molecule has 0 spiro atoms. The summed E-state index contributed by atoms with van der Waals surface area (Å²) in [7, 11) is -3.55. The highest BCUT2D eigenvalue weighted by Crippen LogP contribution is 2.25. The second-order valence-electron chi connectivity index (χ2n) is 4.20. The maximum absolute atomic E-state index is 12.2. The minimum absolute atomic E-state index is 0.0283. The van der Waals surface area contributed by atoms with Crippen LogP contribution in [0.25, 0.3) is 0 Å². The number of aromatic nitrogens is 1. The molecule has 108 valence electrons. The molecule has 0 saturated heterocycles. The number of benzene rings is 1. The van der Waals surface area contributed by atoms with Crippen molar-refractivity contribution in [3.63, 3.8) is 0 Å². The highest BCUT2D eigenvalue weighted by atomic mass is 79.9. The minimum Gasteiger partial charge on any atom is -0.249 e. The van der Waals surface area contributed by atoms with Crippen LogP contribution < -0.4 is 4.72 Å². The molecular formula is C12H12BrClN2O2S2. The Balaban J connectivity index is 2.09. The van der Waals surface area contributed by atoms with Gasteiger partial charge in [-0.1, -0.05) is 18.5 Å². The minimum atomic E-state index is -3.55. The predicted octanol–water partition coefficient (Wildman–Crippen LogP) is 3.64. The molecule has 0 radical (unpaired) electrons. The maximum atomic E-state index is 12.2. The second-order valence-corrected chi connectivity index (χ2v) is 8.15. The number of rotatable bonds is 5. The Morgan fingerprint density at radius 3 is 2.85 bits per heavy atom. The Morgan fingerprint density at radius 2 is 2.25 bits per heavy atom. The lowest BCUT2D eigenvalue weighted by Crippen LogP contribution is -2.27. The normalized spacial score (nSPS) is 13.3. The molecule has 1 aromatic heterocycles. The summed E-state index contributed by atoms with van der Waals surface area (Å²) in [6, 6.07) is 4.51. The van der Waals surface area contributed by atoms with Gasteiger partial charge in [0, 0.05) is 28.5 Å². The Bertz CT molecular complexity index is 689. The van der Waals surface area contributed by atoms with E-state index in [9.17, 15) is 8.42 Å². The summed E-state index contributed by atoms with van der Waals surface area (Å²) in [5.41, 5.74) is 0. The monoisotopic (exact) mass is 394 g/mol. The van der Waals surface area contributed by atoms with Gasteiger partial charge < -0.3 is 0 Å². The van der Waals surface area contributed by atoms with Gasteiger partial charge in [0.15, 0.2) is 0 Å². The van der Waals surface area contributed by atoms with Crippen LogP contribution in [0.3, 0.4) is 0 Å².